The third-order valence-electron chi connectivity index (χ3n) is 5.74. The van der Waals surface area contributed by atoms with Crippen molar-refractivity contribution in [1.82, 2.24) is 9.80 Å². The minimum Gasteiger partial charge on any atom is -0.469 e. The molecule has 10 heteroatoms. The van der Waals surface area contributed by atoms with E-state index in [1.165, 1.54) is 7.11 Å². The minimum absolute atomic E-state index is 0.115. The summed E-state index contributed by atoms with van der Waals surface area (Å²) in [6.45, 7) is 17.6. The van der Waals surface area contributed by atoms with Gasteiger partial charge in [-0.05, 0) is 53.4 Å². The number of aliphatic hydroxyl groups is 1. The van der Waals surface area contributed by atoms with Crippen LogP contribution in [0.25, 0.3) is 0 Å². The van der Waals surface area contributed by atoms with E-state index in [1.807, 2.05) is 39.5 Å². The average Bonchev–Trinajstić information content (AvgIpc) is 3.27. The van der Waals surface area contributed by atoms with E-state index in [4.69, 9.17) is 25.1 Å². The molecular weight excluding hydrogens is 466 g/mol. The summed E-state index contributed by atoms with van der Waals surface area (Å²) in [5, 5.41) is 8.24. The molecule has 1 spiro atoms. The summed E-state index contributed by atoms with van der Waals surface area (Å²) < 4.78 is 21.7. The van der Waals surface area contributed by atoms with Gasteiger partial charge in [-0.1, -0.05) is 13.8 Å². The van der Waals surface area contributed by atoms with Gasteiger partial charge in [-0.15, -0.1) is 0 Å². The molecule has 10 nitrogen and oxygen atoms in total. The zero-order valence-corrected chi connectivity index (χ0v) is 23.8. The van der Waals surface area contributed by atoms with Crippen molar-refractivity contribution in [3.63, 3.8) is 0 Å². The Morgan fingerprint density at radius 1 is 1.14 bits per heavy atom. The molecule has 1 amide bonds. The number of esters is 1. The van der Waals surface area contributed by atoms with Crippen LogP contribution in [0.2, 0.25) is 0 Å². The Hall–Kier alpha value is -1.46. The number of aliphatic hydroxyl groups excluding tert-OH is 1. The van der Waals surface area contributed by atoms with E-state index in [-0.39, 0.29) is 23.7 Å². The molecule has 0 aromatic heterocycles. The molecule has 2 rings (SSSR count). The fourth-order valence-electron chi connectivity index (χ4n) is 3.86. The van der Waals surface area contributed by atoms with Gasteiger partial charge in [0, 0.05) is 52.4 Å². The van der Waals surface area contributed by atoms with Gasteiger partial charge in [-0.25, -0.2) is 4.79 Å². The Morgan fingerprint density at radius 3 is 2.36 bits per heavy atom. The second kappa shape index (κ2) is 18.7. The predicted molar refractivity (Wildman–Crippen MR) is 141 cm³/mol. The Morgan fingerprint density at radius 2 is 1.78 bits per heavy atom. The molecule has 2 aliphatic heterocycles. The Labute approximate surface area is 218 Å². The first kappa shape index (κ1) is 34.5. The number of likely N-dealkylation sites (tertiary alicyclic amines) is 1. The van der Waals surface area contributed by atoms with E-state index in [0.717, 1.165) is 45.4 Å². The van der Waals surface area contributed by atoms with E-state index >= 15 is 0 Å². The lowest BCUT2D eigenvalue weighted by Gasteiger charge is -2.44. The van der Waals surface area contributed by atoms with Gasteiger partial charge in [-0.2, -0.15) is 0 Å². The number of nitrogens with zero attached hydrogens (tertiary/aromatic N) is 2. The molecule has 2 heterocycles. The number of morpholine rings is 1. The number of rotatable bonds is 10. The molecule has 3 N–H and O–H groups in total. The zero-order valence-electron chi connectivity index (χ0n) is 23.8. The summed E-state index contributed by atoms with van der Waals surface area (Å²) in [6.07, 6.45) is 3.36. The molecule has 0 bridgehead atoms. The van der Waals surface area contributed by atoms with Crippen LogP contribution in [0.5, 0.6) is 0 Å². The van der Waals surface area contributed by atoms with Crippen molar-refractivity contribution in [2.24, 2.45) is 5.73 Å². The summed E-state index contributed by atoms with van der Waals surface area (Å²) >= 11 is 0. The fourth-order valence-corrected chi connectivity index (χ4v) is 3.86. The molecule has 2 fully saturated rings. The molecule has 2 saturated heterocycles. The van der Waals surface area contributed by atoms with Gasteiger partial charge in [0.15, 0.2) is 0 Å². The van der Waals surface area contributed by atoms with Gasteiger partial charge in [0.05, 0.1) is 32.0 Å². The molecule has 1 unspecified atom stereocenters. The highest BCUT2D eigenvalue weighted by molar-refractivity contribution is 5.69. The molecule has 2 atom stereocenters. The van der Waals surface area contributed by atoms with Gasteiger partial charge >= 0.3 is 12.1 Å². The summed E-state index contributed by atoms with van der Waals surface area (Å²) in [5.41, 5.74) is 4.32. The summed E-state index contributed by atoms with van der Waals surface area (Å²) in [7, 11) is 1.41. The van der Waals surface area contributed by atoms with Gasteiger partial charge in [0.25, 0.3) is 0 Å². The standard InChI is InChI=1S/C21H38N2O6.C3H9NO.C2H6/c1-20(2,3)29-19(25)22-11-9-21(16-22)17-28-15-12-23(21)10-7-14-27-13-6-5-8-18(24)26-4;1-3(5)2-4;1-2/h5-17H2,1-4H3;3,5H,2,4H2,1H3;1-2H3/t21-;;/m1../s1. The van der Waals surface area contributed by atoms with E-state index in [9.17, 15) is 9.59 Å². The molecule has 36 heavy (non-hydrogen) atoms. The Bertz CT molecular complexity index is 599. The normalized spacial score (nSPS) is 20.6. The maximum absolute atomic E-state index is 12.4. The van der Waals surface area contributed by atoms with Crippen LogP contribution in [-0.2, 0) is 23.7 Å². The van der Waals surface area contributed by atoms with Crippen LogP contribution in [0, 0.1) is 0 Å². The number of ether oxygens (including phenoxy) is 4. The topological polar surface area (TPSA) is 124 Å². The van der Waals surface area contributed by atoms with Crippen LogP contribution in [0.1, 0.15) is 73.6 Å². The first-order valence-corrected chi connectivity index (χ1v) is 13.4. The lowest BCUT2D eigenvalue weighted by atomic mass is 9.95. The van der Waals surface area contributed by atoms with Crippen LogP contribution in [0.3, 0.4) is 0 Å². The largest absolute Gasteiger partial charge is 0.469 e. The first-order valence-electron chi connectivity index (χ1n) is 13.4. The van der Waals surface area contributed by atoms with Crippen molar-refractivity contribution in [3.8, 4) is 0 Å². The molecule has 214 valence electrons. The molecule has 0 aromatic carbocycles. The predicted octanol–water partition coefficient (Wildman–Crippen LogP) is 2.80. The highest BCUT2D eigenvalue weighted by Gasteiger charge is 2.46. The molecule has 0 aliphatic carbocycles. The van der Waals surface area contributed by atoms with Gasteiger partial charge < -0.3 is 34.7 Å². The van der Waals surface area contributed by atoms with Crippen molar-refractivity contribution in [2.45, 2.75) is 90.9 Å². The molecular formula is C26H53N3O7. The van der Waals surface area contributed by atoms with Crippen LogP contribution >= 0.6 is 0 Å². The van der Waals surface area contributed by atoms with Crippen LogP contribution in [0.15, 0.2) is 0 Å². The number of carbonyl (C=O) groups excluding carboxylic acids is 2. The van der Waals surface area contributed by atoms with Crippen molar-refractivity contribution >= 4 is 12.1 Å². The van der Waals surface area contributed by atoms with Gasteiger partial charge in [-0.3, -0.25) is 9.69 Å². The number of carbonyl (C=O) groups is 2. The molecule has 0 aromatic rings. The Balaban J connectivity index is 0.00000156. The number of amides is 1. The van der Waals surface area contributed by atoms with Gasteiger partial charge in [0.1, 0.15) is 5.60 Å². The second-order valence-corrected chi connectivity index (χ2v) is 10.00. The van der Waals surface area contributed by atoms with E-state index < -0.39 is 5.60 Å². The summed E-state index contributed by atoms with van der Waals surface area (Å²) in [5.74, 6) is -0.167. The lowest BCUT2D eigenvalue weighted by molar-refractivity contribution is -0.140. The third kappa shape index (κ3) is 14.3. The molecule has 0 saturated carbocycles. The highest BCUT2D eigenvalue weighted by atomic mass is 16.6. The number of methoxy groups -OCH3 is 1. The maximum Gasteiger partial charge on any atom is 0.410 e. The van der Waals surface area contributed by atoms with Gasteiger partial charge in [0.2, 0.25) is 0 Å². The van der Waals surface area contributed by atoms with Crippen molar-refractivity contribution in [1.29, 1.82) is 0 Å². The highest BCUT2D eigenvalue weighted by Crippen LogP contribution is 2.32. The monoisotopic (exact) mass is 519 g/mol. The van der Waals surface area contributed by atoms with E-state index in [1.54, 1.807) is 6.92 Å². The number of unbranched alkanes of at least 4 members (excludes halogenated alkanes) is 1. The number of hydrogen-bond acceptors (Lipinski definition) is 9. The average molecular weight is 520 g/mol. The first-order chi connectivity index (χ1) is 17.0. The van der Waals surface area contributed by atoms with Crippen molar-refractivity contribution in [2.75, 3.05) is 66.3 Å². The second-order valence-electron chi connectivity index (χ2n) is 10.00. The quantitative estimate of drug-likeness (QED) is 0.331. The minimum atomic E-state index is -0.482. The lowest BCUT2D eigenvalue weighted by Crippen LogP contribution is -2.59. The van der Waals surface area contributed by atoms with Crippen molar-refractivity contribution < 1.29 is 33.6 Å². The maximum atomic E-state index is 12.4. The Kier molecular flexibility index (Phi) is 18.0. The molecule has 0 radical (unpaired) electrons. The molecule has 2 aliphatic rings. The summed E-state index contributed by atoms with van der Waals surface area (Å²) in [4.78, 5) is 27.8. The van der Waals surface area contributed by atoms with Crippen LogP contribution in [-0.4, -0.2) is 110 Å². The van der Waals surface area contributed by atoms with Crippen LogP contribution in [0.4, 0.5) is 4.79 Å². The van der Waals surface area contributed by atoms with Crippen molar-refractivity contribution in [3.05, 3.63) is 0 Å². The smallest absolute Gasteiger partial charge is 0.410 e. The van der Waals surface area contributed by atoms with E-state index in [2.05, 4.69) is 9.64 Å². The zero-order chi connectivity index (χ0) is 27.6. The fraction of sp³-hybridized carbons (Fsp3) is 0.923. The third-order valence-corrected chi connectivity index (χ3v) is 5.74. The number of hydrogen-bond donors (Lipinski definition) is 2. The number of nitrogens with two attached hydrogens (primary N) is 1. The summed E-state index contributed by atoms with van der Waals surface area (Å²) in [6, 6.07) is 0. The SMILES string of the molecule is CC.CC(O)CN.COC(=O)CCCCOCCCN1CCOC[C@]12CCN(C(=O)OC(C)(C)C)C2. The van der Waals surface area contributed by atoms with Crippen LogP contribution < -0.4 is 5.73 Å². The van der Waals surface area contributed by atoms with E-state index in [0.29, 0.717) is 45.9 Å².